The number of hydrogen-bond donors (Lipinski definition) is 0. The first kappa shape index (κ1) is 21.1. The first-order valence-corrected chi connectivity index (χ1v) is 10.9. The molecule has 0 saturated carbocycles. The van der Waals surface area contributed by atoms with Gasteiger partial charge in [-0.1, -0.05) is 53.3 Å². The summed E-state index contributed by atoms with van der Waals surface area (Å²) in [4.78, 5) is 45.3. The lowest BCUT2D eigenvalue weighted by Crippen LogP contribution is -2.30. The zero-order valence-corrected chi connectivity index (χ0v) is 18.1. The van der Waals surface area contributed by atoms with E-state index in [1.54, 1.807) is 24.3 Å². The van der Waals surface area contributed by atoms with Crippen LogP contribution in [0.1, 0.15) is 27.5 Å². The number of aryl methyl sites for hydroxylation is 1. The molecular formula is C25H16F2N2O3S. The fourth-order valence-corrected chi connectivity index (χ4v) is 5.05. The van der Waals surface area contributed by atoms with Crippen molar-refractivity contribution >= 4 is 44.2 Å². The summed E-state index contributed by atoms with van der Waals surface area (Å²) in [6.45, 7) is 1.87. The molecule has 1 amide bonds. The van der Waals surface area contributed by atoms with Crippen LogP contribution in [0, 0.1) is 24.5 Å². The summed E-state index contributed by atoms with van der Waals surface area (Å²) >= 11 is 1.04. The predicted octanol–water partition coefficient (Wildman–Crippen LogP) is 5.04. The van der Waals surface area contributed by atoms with E-state index in [2.05, 4.69) is 4.98 Å². The fraction of sp³-hybridized carbons (Fsp3) is 0.120. The molecule has 0 bridgehead atoms. The Labute approximate surface area is 191 Å². The van der Waals surface area contributed by atoms with Crippen LogP contribution in [-0.2, 0) is 9.59 Å². The summed E-state index contributed by atoms with van der Waals surface area (Å²) in [7, 11) is 0. The van der Waals surface area contributed by atoms with E-state index < -0.39 is 41.1 Å². The topological polar surface area (TPSA) is 67.3 Å². The number of fused-ring (bicyclic) bond motifs is 1. The van der Waals surface area contributed by atoms with Crippen molar-refractivity contribution in [2.75, 3.05) is 4.90 Å². The molecule has 1 aliphatic rings. The van der Waals surface area contributed by atoms with Crippen LogP contribution in [0.2, 0.25) is 0 Å². The second-order valence-corrected chi connectivity index (χ2v) is 8.86. The van der Waals surface area contributed by atoms with Gasteiger partial charge in [0.2, 0.25) is 5.78 Å². The zero-order chi connectivity index (χ0) is 23.3. The summed E-state index contributed by atoms with van der Waals surface area (Å²) in [6.07, 6.45) is 0. The highest BCUT2D eigenvalue weighted by Crippen LogP contribution is 2.43. The van der Waals surface area contributed by atoms with Crippen LogP contribution in [0.15, 0.2) is 66.7 Å². The maximum absolute atomic E-state index is 13.7. The number of ketones is 2. The Bertz CT molecular complexity index is 1410. The number of carbonyl (C=O) groups is 3. The average molecular weight is 462 g/mol. The minimum absolute atomic E-state index is 0.169. The minimum atomic E-state index is -1.32. The number of aromatic nitrogens is 1. The molecule has 1 aliphatic heterocycles. The maximum Gasteiger partial charge on any atom is 0.297 e. The lowest BCUT2D eigenvalue weighted by Gasteiger charge is -2.25. The standard InChI is InChI=1S/C25H16F2N2O3S/c1-13-2-4-15(5-3-13)22(30)20-21(14-6-8-16(26)9-7-14)29(24(32)23(20)31)25-28-18-11-10-17(27)12-19(18)33-25/h2-12,20-21H,1H3. The molecule has 8 heteroatoms. The highest BCUT2D eigenvalue weighted by Gasteiger charge is 2.53. The van der Waals surface area contributed by atoms with Crippen molar-refractivity contribution in [1.82, 2.24) is 4.98 Å². The molecule has 3 aromatic carbocycles. The second-order valence-electron chi connectivity index (χ2n) is 7.85. The highest BCUT2D eigenvalue weighted by molar-refractivity contribution is 7.22. The summed E-state index contributed by atoms with van der Waals surface area (Å²) in [5.74, 6) is -4.51. The third kappa shape index (κ3) is 3.62. The van der Waals surface area contributed by atoms with E-state index >= 15 is 0 Å². The van der Waals surface area contributed by atoms with Crippen molar-refractivity contribution < 1.29 is 23.2 Å². The number of amides is 1. The third-order valence-corrected chi connectivity index (χ3v) is 6.70. The fourth-order valence-electron chi connectivity index (χ4n) is 4.03. The van der Waals surface area contributed by atoms with Crippen LogP contribution in [0.25, 0.3) is 10.2 Å². The van der Waals surface area contributed by atoms with Crippen LogP contribution in [0.3, 0.4) is 0 Å². The highest BCUT2D eigenvalue weighted by atomic mass is 32.1. The van der Waals surface area contributed by atoms with Gasteiger partial charge in [-0.05, 0) is 42.8 Å². The van der Waals surface area contributed by atoms with E-state index in [4.69, 9.17) is 0 Å². The Morgan fingerprint density at radius 3 is 2.30 bits per heavy atom. The van der Waals surface area contributed by atoms with E-state index in [9.17, 15) is 23.2 Å². The Balaban J connectivity index is 1.66. The van der Waals surface area contributed by atoms with Crippen LogP contribution in [-0.4, -0.2) is 22.5 Å². The van der Waals surface area contributed by atoms with Gasteiger partial charge in [0.1, 0.15) is 17.6 Å². The predicted molar refractivity (Wildman–Crippen MR) is 120 cm³/mol. The van der Waals surface area contributed by atoms with Crippen molar-refractivity contribution in [3.63, 3.8) is 0 Å². The van der Waals surface area contributed by atoms with Crippen molar-refractivity contribution in [1.29, 1.82) is 0 Å². The number of carbonyl (C=O) groups excluding carboxylic acids is 3. The van der Waals surface area contributed by atoms with Gasteiger partial charge in [-0.25, -0.2) is 13.8 Å². The lowest BCUT2D eigenvalue weighted by molar-refractivity contribution is -0.135. The molecule has 0 radical (unpaired) electrons. The number of benzene rings is 3. The Hall–Kier alpha value is -3.78. The van der Waals surface area contributed by atoms with E-state index in [-0.39, 0.29) is 5.13 Å². The largest absolute Gasteiger partial charge is 0.297 e. The van der Waals surface area contributed by atoms with Gasteiger partial charge in [0.15, 0.2) is 10.9 Å². The molecule has 0 spiro atoms. The number of halogens is 2. The number of hydrogen-bond acceptors (Lipinski definition) is 5. The van der Waals surface area contributed by atoms with Gasteiger partial charge in [-0.2, -0.15) is 0 Å². The van der Waals surface area contributed by atoms with Gasteiger partial charge in [0, 0.05) is 5.56 Å². The average Bonchev–Trinajstić information content (AvgIpc) is 3.32. The molecule has 2 atom stereocenters. The maximum atomic E-state index is 13.7. The molecule has 5 rings (SSSR count). The molecule has 1 fully saturated rings. The number of Topliss-reactive ketones (excluding diaryl/α,β-unsaturated/α-hetero) is 2. The van der Waals surface area contributed by atoms with Gasteiger partial charge in [0.25, 0.3) is 5.91 Å². The molecule has 2 heterocycles. The number of nitrogens with zero attached hydrogens (tertiary/aromatic N) is 2. The first-order chi connectivity index (χ1) is 15.8. The van der Waals surface area contributed by atoms with Crippen LogP contribution < -0.4 is 4.90 Å². The third-order valence-electron chi connectivity index (χ3n) is 5.68. The molecule has 164 valence electrons. The number of anilines is 1. The molecule has 2 unspecified atom stereocenters. The van der Waals surface area contributed by atoms with Crippen molar-refractivity contribution in [3.8, 4) is 0 Å². The van der Waals surface area contributed by atoms with Gasteiger partial charge in [-0.3, -0.25) is 19.3 Å². The van der Waals surface area contributed by atoms with Crippen molar-refractivity contribution in [3.05, 3.63) is 95.1 Å². The lowest BCUT2D eigenvalue weighted by atomic mass is 9.86. The molecule has 0 aliphatic carbocycles. The summed E-state index contributed by atoms with van der Waals surface area (Å²) in [6, 6.07) is 15.1. The summed E-state index contributed by atoms with van der Waals surface area (Å²) in [5.41, 5.74) is 2.13. The van der Waals surface area contributed by atoms with E-state index in [0.717, 1.165) is 16.9 Å². The Morgan fingerprint density at radius 1 is 0.939 bits per heavy atom. The van der Waals surface area contributed by atoms with Crippen LogP contribution >= 0.6 is 11.3 Å². The van der Waals surface area contributed by atoms with E-state index in [0.29, 0.717) is 21.3 Å². The molecule has 5 nitrogen and oxygen atoms in total. The molecule has 1 saturated heterocycles. The molecule has 0 N–H and O–H groups in total. The van der Waals surface area contributed by atoms with Crippen LogP contribution in [0.4, 0.5) is 13.9 Å². The minimum Gasteiger partial charge on any atom is -0.293 e. The SMILES string of the molecule is Cc1ccc(C(=O)C2C(=O)C(=O)N(c3nc4ccc(F)cc4s3)C2c2ccc(F)cc2)cc1. The second kappa shape index (κ2) is 7.97. The quantitative estimate of drug-likeness (QED) is 0.242. The smallest absolute Gasteiger partial charge is 0.293 e. The van der Waals surface area contributed by atoms with Crippen molar-refractivity contribution in [2.45, 2.75) is 13.0 Å². The molecular weight excluding hydrogens is 446 g/mol. The number of thiazole rings is 1. The normalized spacial score (nSPS) is 18.3. The Kier molecular flexibility index (Phi) is 5.09. The zero-order valence-electron chi connectivity index (χ0n) is 17.3. The van der Waals surface area contributed by atoms with Gasteiger partial charge >= 0.3 is 0 Å². The monoisotopic (exact) mass is 462 g/mol. The Morgan fingerprint density at radius 2 is 1.61 bits per heavy atom. The molecule has 33 heavy (non-hydrogen) atoms. The molecule has 4 aromatic rings. The van der Waals surface area contributed by atoms with Gasteiger partial charge in [0.05, 0.1) is 16.3 Å². The van der Waals surface area contributed by atoms with E-state index in [1.807, 2.05) is 6.92 Å². The molecule has 1 aromatic heterocycles. The first-order valence-electron chi connectivity index (χ1n) is 10.1. The van der Waals surface area contributed by atoms with E-state index in [1.165, 1.54) is 47.4 Å². The van der Waals surface area contributed by atoms with Gasteiger partial charge in [-0.15, -0.1) is 0 Å². The summed E-state index contributed by atoms with van der Waals surface area (Å²) < 4.78 is 27.8. The van der Waals surface area contributed by atoms with Crippen LogP contribution in [0.5, 0.6) is 0 Å². The number of rotatable bonds is 4. The summed E-state index contributed by atoms with van der Waals surface area (Å²) in [5, 5.41) is 0.169. The van der Waals surface area contributed by atoms with Gasteiger partial charge < -0.3 is 0 Å². The van der Waals surface area contributed by atoms with Crippen molar-refractivity contribution in [2.24, 2.45) is 5.92 Å².